The molecule has 8 heteroatoms. The summed E-state index contributed by atoms with van der Waals surface area (Å²) in [4.78, 5) is 23.9. The summed E-state index contributed by atoms with van der Waals surface area (Å²) < 4.78 is 7.95. The lowest BCUT2D eigenvalue weighted by atomic mass is 10.1. The first-order chi connectivity index (χ1) is 13.0. The van der Waals surface area contributed by atoms with Crippen molar-refractivity contribution in [2.24, 2.45) is 12.8 Å². The van der Waals surface area contributed by atoms with E-state index >= 15 is 0 Å². The fourth-order valence-corrected chi connectivity index (χ4v) is 2.89. The number of nitrogens with one attached hydrogen (secondary N) is 1. The molecule has 27 heavy (non-hydrogen) atoms. The SMILES string of the molecule is Cn1ncc(NC(=O)c2ccc(COc3ccccc3Br)cc2)c1C(N)=O. The Kier molecular flexibility index (Phi) is 5.56. The van der Waals surface area contributed by atoms with E-state index in [2.05, 4.69) is 26.3 Å². The van der Waals surface area contributed by atoms with Gasteiger partial charge in [0.25, 0.3) is 11.8 Å². The van der Waals surface area contributed by atoms with Crippen LogP contribution in [0.1, 0.15) is 26.4 Å². The number of halogens is 1. The predicted molar refractivity (Wildman–Crippen MR) is 105 cm³/mol. The van der Waals surface area contributed by atoms with Crippen molar-refractivity contribution in [3.8, 4) is 5.75 Å². The molecule has 2 amide bonds. The maximum Gasteiger partial charge on any atom is 0.269 e. The normalized spacial score (nSPS) is 10.4. The molecule has 0 aliphatic carbocycles. The van der Waals surface area contributed by atoms with Gasteiger partial charge in [0.05, 0.1) is 16.4 Å². The van der Waals surface area contributed by atoms with Crippen molar-refractivity contribution in [1.29, 1.82) is 0 Å². The van der Waals surface area contributed by atoms with Gasteiger partial charge < -0.3 is 15.8 Å². The van der Waals surface area contributed by atoms with Crippen LogP contribution in [0, 0.1) is 0 Å². The minimum absolute atomic E-state index is 0.141. The van der Waals surface area contributed by atoms with Gasteiger partial charge in [-0.1, -0.05) is 24.3 Å². The van der Waals surface area contributed by atoms with Gasteiger partial charge in [0.2, 0.25) is 0 Å². The van der Waals surface area contributed by atoms with Gasteiger partial charge in [0.15, 0.2) is 0 Å². The summed E-state index contributed by atoms with van der Waals surface area (Å²) in [5.41, 5.74) is 7.09. The van der Waals surface area contributed by atoms with E-state index in [1.165, 1.54) is 10.9 Å². The summed E-state index contributed by atoms with van der Waals surface area (Å²) >= 11 is 3.43. The molecule has 1 aromatic heterocycles. The molecule has 0 atom stereocenters. The molecular weight excluding hydrogens is 412 g/mol. The molecule has 0 bridgehead atoms. The topological polar surface area (TPSA) is 99.2 Å². The van der Waals surface area contributed by atoms with Crippen molar-refractivity contribution in [3.63, 3.8) is 0 Å². The van der Waals surface area contributed by atoms with Gasteiger partial charge in [0.1, 0.15) is 18.1 Å². The first-order valence-electron chi connectivity index (χ1n) is 8.05. The monoisotopic (exact) mass is 428 g/mol. The van der Waals surface area contributed by atoms with Gasteiger partial charge in [-0.05, 0) is 45.8 Å². The number of hydrogen-bond donors (Lipinski definition) is 2. The molecule has 3 aromatic rings. The van der Waals surface area contributed by atoms with Crippen molar-refractivity contribution < 1.29 is 14.3 Å². The fraction of sp³-hybridized carbons (Fsp3) is 0.105. The number of para-hydroxylation sites is 1. The Bertz CT molecular complexity index is 983. The van der Waals surface area contributed by atoms with Crippen LogP contribution < -0.4 is 15.8 Å². The molecule has 0 unspecified atom stereocenters. The van der Waals surface area contributed by atoms with Crippen LogP contribution in [0.25, 0.3) is 0 Å². The van der Waals surface area contributed by atoms with Crippen molar-refractivity contribution in [1.82, 2.24) is 9.78 Å². The molecule has 1 heterocycles. The molecule has 3 N–H and O–H groups in total. The molecule has 0 aliphatic rings. The summed E-state index contributed by atoms with van der Waals surface area (Å²) in [6.07, 6.45) is 1.39. The Hall–Kier alpha value is -3.13. The lowest BCUT2D eigenvalue weighted by Crippen LogP contribution is -2.20. The summed E-state index contributed by atoms with van der Waals surface area (Å²) in [5.74, 6) is -0.275. The van der Waals surface area contributed by atoms with E-state index in [9.17, 15) is 9.59 Å². The fourth-order valence-electron chi connectivity index (χ4n) is 2.49. The second kappa shape index (κ2) is 8.05. The third-order valence-corrected chi connectivity index (χ3v) is 4.52. The molecule has 138 valence electrons. The number of nitrogens with zero attached hydrogens (tertiary/aromatic N) is 2. The highest BCUT2D eigenvalue weighted by Crippen LogP contribution is 2.24. The standard InChI is InChI=1S/C19H17BrN4O3/c1-24-17(18(21)25)15(10-22-24)23-19(26)13-8-6-12(7-9-13)11-27-16-5-3-2-4-14(16)20/h2-10H,11H2,1H3,(H2,21,25)(H,23,26). The zero-order valence-electron chi connectivity index (χ0n) is 14.5. The molecule has 0 saturated carbocycles. The number of ether oxygens (including phenoxy) is 1. The van der Waals surface area contributed by atoms with Crippen LogP contribution in [-0.2, 0) is 13.7 Å². The van der Waals surface area contributed by atoms with E-state index in [1.807, 2.05) is 36.4 Å². The highest BCUT2D eigenvalue weighted by Gasteiger charge is 2.16. The molecule has 7 nitrogen and oxygen atoms in total. The first kappa shape index (κ1) is 18.7. The van der Waals surface area contributed by atoms with E-state index in [0.717, 1.165) is 15.8 Å². The molecular formula is C19H17BrN4O3. The largest absolute Gasteiger partial charge is 0.488 e. The maximum absolute atomic E-state index is 12.4. The average molecular weight is 429 g/mol. The summed E-state index contributed by atoms with van der Waals surface area (Å²) in [6, 6.07) is 14.6. The number of amides is 2. The van der Waals surface area contributed by atoms with Crippen LogP contribution in [0.15, 0.2) is 59.2 Å². The van der Waals surface area contributed by atoms with E-state index in [1.54, 1.807) is 19.2 Å². The number of rotatable bonds is 6. The smallest absolute Gasteiger partial charge is 0.269 e. The van der Waals surface area contributed by atoms with Crippen LogP contribution in [0.2, 0.25) is 0 Å². The average Bonchev–Trinajstić information content (AvgIpc) is 3.02. The molecule has 0 radical (unpaired) electrons. The number of hydrogen-bond acceptors (Lipinski definition) is 4. The number of aryl methyl sites for hydroxylation is 1. The highest BCUT2D eigenvalue weighted by atomic mass is 79.9. The zero-order chi connectivity index (χ0) is 19.4. The molecule has 0 fully saturated rings. The Balaban J connectivity index is 1.66. The molecule has 3 rings (SSSR count). The van der Waals surface area contributed by atoms with Gasteiger partial charge in [-0.3, -0.25) is 14.3 Å². The Morgan fingerprint density at radius 3 is 2.56 bits per heavy atom. The van der Waals surface area contributed by atoms with Crippen LogP contribution in [0.5, 0.6) is 5.75 Å². The van der Waals surface area contributed by atoms with Crippen LogP contribution >= 0.6 is 15.9 Å². The summed E-state index contributed by atoms with van der Waals surface area (Å²) in [5, 5.41) is 6.59. The number of carbonyl (C=O) groups is 2. The maximum atomic E-state index is 12.4. The minimum atomic E-state index is -0.662. The van der Waals surface area contributed by atoms with E-state index in [0.29, 0.717) is 12.2 Å². The molecule has 0 aliphatic heterocycles. The molecule has 0 saturated heterocycles. The van der Waals surface area contributed by atoms with Gasteiger partial charge in [-0.25, -0.2) is 0 Å². The third-order valence-electron chi connectivity index (χ3n) is 3.87. The second-order valence-corrected chi connectivity index (χ2v) is 6.62. The Morgan fingerprint density at radius 2 is 1.89 bits per heavy atom. The highest BCUT2D eigenvalue weighted by molar-refractivity contribution is 9.10. The first-order valence-corrected chi connectivity index (χ1v) is 8.84. The second-order valence-electron chi connectivity index (χ2n) is 5.76. The van der Waals surface area contributed by atoms with Gasteiger partial charge >= 0.3 is 0 Å². The van der Waals surface area contributed by atoms with Crippen LogP contribution in [0.4, 0.5) is 5.69 Å². The summed E-state index contributed by atoms with van der Waals surface area (Å²) in [7, 11) is 1.58. The lowest BCUT2D eigenvalue weighted by molar-refractivity contribution is 0.0992. The van der Waals surface area contributed by atoms with E-state index < -0.39 is 5.91 Å². The number of aromatic nitrogens is 2. The predicted octanol–water partition coefficient (Wildman–Crippen LogP) is 3.11. The molecule has 2 aromatic carbocycles. The van der Waals surface area contributed by atoms with Gasteiger partial charge in [-0.2, -0.15) is 5.10 Å². The van der Waals surface area contributed by atoms with Crippen molar-refractivity contribution in [2.45, 2.75) is 6.61 Å². The van der Waals surface area contributed by atoms with Crippen LogP contribution in [-0.4, -0.2) is 21.6 Å². The summed E-state index contributed by atoms with van der Waals surface area (Å²) in [6.45, 7) is 0.374. The zero-order valence-corrected chi connectivity index (χ0v) is 16.1. The van der Waals surface area contributed by atoms with Crippen molar-refractivity contribution in [3.05, 3.63) is 76.0 Å². The van der Waals surface area contributed by atoms with Gasteiger partial charge in [0, 0.05) is 12.6 Å². The Morgan fingerprint density at radius 1 is 1.19 bits per heavy atom. The number of anilines is 1. The number of nitrogens with two attached hydrogens (primary N) is 1. The Labute approximate surface area is 164 Å². The van der Waals surface area contributed by atoms with E-state index in [4.69, 9.17) is 10.5 Å². The number of primary amides is 1. The van der Waals surface area contributed by atoms with Crippen LogP contribution in [0.3, 0.4) is 0 Å². The van der Waals surface area contributed by atoms with Crippen molar-refractivity contribution >= 4 is 33.4 Å². The third kappa shape index (κ3) is 4.35. The lowest BCUT2D eigenvalue weighted by Gasteiger charge is -2.09. The number of carbonyl (C=O) groups excluding carboxylic acids is 2. The quantitative estimate of drug-likeness (QED) is 0.629. The van der Waals surface area contributed by atoms with E-state index in [-0.39, 0.29) is 17.3 Å². The minimum Gasteiger partial charge on any atom is -0.488 e. The van der Waals surface area contributed by atoms with Gasteiger partial charge in [-0.15, -0.1) is 0 Å². The molecule has 0 spiro atoms. The van der Waals surface area contributed by atoms with Crippen molar-refractivity contribution in [2.75, 3.05) is 5.32 Å². The number of benzene rings is 2.